The van der Waals surface area contributed by atoms with Gasteiger partial charge in [0.05, 0.1) is 5.60 Å². The third-order valence-electron chi connectivity index (χ3n) is 2.17. The summed E-state index contributed by atoms with van der Waals surface area (Å²) in [4.78, 5) is 17.2. The molecule has 1 rings (SSSR count). The molecule has 6 heteroatoms. The molecule has 1 aromatic rings. The van der Waals surface area contributed by atoms with Crippen LogP contribution in [0.25, 0.3) is 0 Å². The molecule has 0 saturated heterocycles. The number of amides is 1. The van der Waals surface area contributed by atoms with Gasteiger partial charge in [0.15, 0.2) is 5.82 Å². The Bertz CT molecular complexity index is 382. The Morgan fingerprint density at radius 3 is 2.65 bits per heavy atom. The second kappa shape index (κ2) is 5.27. The minimum Gasteiger partial charge on any atom is -0.389 e. The van der Waals surface area contributed by atoms with Crippen LogP contribution < -0.4 is 0 Å². The van der Waals surface area contributed by atoms with Gasteiger partial charge in [-0.1, -0.05) is 5.16 Å². The predicted octanol–water partition coefficient (Wildman–Crippen LogP) is 0.540. The first-order chi connectivity index (χ1) is 7.78. The van der Waals surface area contributed by atoms with Crippen molar-refractivity contribution in [1.82, 2.24) is 15.0 Å². The topological polar surface area (TPSA) is 79.5 Å². The molecule has 0 aliphatic rings. The van der Waals surface area contributed by atoms with Crippen molar-refractivity contribution in [3.63, 3.8) is 0 Å². The Morgan fingerprint density at radius 1 is 1.53 bits per heavy atom. The largest absolute Gasteiger partial charge is 0.389 e. The van der Waals surface area contributed by atoms with Gasteiger partial charge in [0.1, 0.15) is 0 Å². The Morgan fingerprint density at radius 2 is 2.18 bits per heavy atom. The third kappa shape index (κ3) is 4.95. The van der Waals surface area contributed by atoms with Gasteiger partial charge in [0.25, 0.3) is 0 Å². The first-order valence-corrected chi connectivity index (χ1v) is 5.53. The van der Waals surface area contributed by atoms with Crippen LogP contribution in [0.1, 0.15) is 32.0 Å². The zero-order valence-corrected chi connectivity index (χ0v) is 10.7. The van der Waals surface area contributed by atoms with Gasteiger partial charge >= 0.3 is 0 Å². The van der Waals surface area contributed by atoms with Gasteiger partial charge in [0, 0.05) is 26.4 Å². The summed E-state index contributed by atoms with van der Waals surface area (Å²) < 4.78 is 4.91. The second-order valence-electron chi connectivity index (χ2n) is 4.80. The molecule has 0 aliphatic carbocycles. The lowest BCUT2D eigenvalue weighted by molar-refractivity contribution is -0.132. The number of aryl methyl sites for hydroxylation is 2. The van der Waals surface area contributed by atoms with Gasteiger partial charge in [-0.15, -0.1) is 0 Å². The fourth-order valence-electron chi connectivity index (χ4n) is 1.51. The monoisotopic (exact) mass is 241 g/mol. The van der Waals surface area contributed by atoms with Gasteiger partial charge < -0.3 is 14.5 Å². The lowest BCUT2D eigenvalue weighted by Crippen LogP contribution is -2.39. The lowest BCUT2D eigenvalue weighted by atomic mass is 10.1. The molecule has 0 spiro atoms. The van der Waals surface area contributed by atoms with Gasteiger partial charge in [-0.3, -0.25) is 4.79 Å². The van der Waals surface area contributed by atoms with Crippen LogP contribution >= 0.6 is 0 Å². The average molecular weight is 241 g/mol. The molecule has 0 atom stereocenters. The van der Waals surface area contributed by atoms with Gasteiger partial charge in [-0.05, 0) is 20.8 Å². The van der Waals surface area contributed by atoms with Crippen molar-refractivity contribution < 1.29 is 14.4 Å². The zero-order valence-electron chi connectivity index (χ0n) is 10.7. The number of carbonyl (C=O) groups is 1. The minimum atomic E-state index is -0.883. The van der Waals surface area contributed by atoms with Crippen molar-refractivity contribution in [2.75, 3.05) is 13.6 Å². The van der Waals surface area contributed by atoms with Crippen LogP contribution in [0.3, 0.4) is 0 Å². The normalized spacial score (nSPS) is 11.6. The Kier molecular flexibility index (Phi) is 4.22. The van der Waals surface area contributed by atoms with Crippen LogP contribution in [0.5, 0.6) is 0 Å². The van der Waals surface area contributed by atoms with E-state index in [-0.39, 0.29) is 5.91 Å². The van der Waals surface area contributed by atoms with Crippen LogP contribution in [0.2, 0.25) is 0 Å². The van der Waals surface area contributed by atoms with E-state index >= 15 is 0 Å². The van der Waals surface area contributed by atoms with Gasteiger partial charge in [-0.25, -0.2) is 0 Å². The molecule has 1 N–H and O–H groups in total. The SMILES string of the molecule is Cc1noc(CCC(=O)N(C)CC(C)(C)O)n1. The fraction of sp³-hybridized carbons (Fsp3) is 0.727. The highest BCUT2D eigenvalue weighted by atomic mass is 16.5. The van der Waals surface area contributed by atoms with E-state index in [1.54, 1.807) is 27.8 Å². The number of hydrogen-bond donors (Lipinski definition) is 1. The van der Waals surface area contributed by atoms with E-state index in [2.05, 4.69) is 10.1 Å². The molecule has 96 valence electrons. The molecule has 1 heterocycles. The molecule has 0 aromatic carbocycles. The summed E-state index contributed by atoms with van der Waals surface area (Å²) in [6, 6.07) is 0. The Hall–Kier alpha value is -1.43. The predicted molar refractivity (Wildman–Crippen MR) is 61.3 cm³/mol. The molecule has 17 heavy (non-hydrogen) atoms. The van der Waals surface area contributed by atoms with Crippen molar-refractivity contribution in [1.29, 1.82) is 0 Å². The van der Waals surface area contributed by atoms with Crippen LogP contribution in [0.15, 0.2) is 4.52 Å². The van der Waals surface area contributed by atoms with Crippen LogP contribution in [0.4, 0.5) is 0 Å². The number of rotatable bonds is 5. The molecule has 0 bridgehead atoms. The van der Waals surface area contributed by atoms with Crippen molar-refractivity contribution in [2.45, 2.75) is 39.2 Å². The standard InChI is InChI=1S/C11H19N3O3/c1-8-12-9(17-13-8)5-6-10(15)14(4)7-11(2,3)16/h16H,5-7H2,1-4H3. The highest BCUT2D eigenvalue weighted by Crippen LogP contribution is 2.06. The molecule has 0 unspecified atom stereocenters. The summed E-state index contributed by atoms with van der Waals surface area (Å²) in [6.07, 6.45) is 0.726. The van der Waals surface area contributed by atoms with Crippen LogP contribution in [0, 0.1) is 6.92 Å². The van der Waals surface area contributed by atoms with E-state index in [1.165, 1.54) is 4.90 Å². The first-order valence-electron chi connectivity index (χ1n) is 5.53. The summed E-state index contributed by atoms with van der Waals surface area (Å²) in [5, 5.41) is 13.2. The number of carbonyl (C=O) groups excluding carboxylic acids is 1. The summed E-state index contributed by atoms with van der Waals surface area (Å²) in [5.74, 6) is 0.979. The summed E-state index contributed by atoms with van der Waals surface area (Å²) in [5.41, 5.74) is -0.883. The molecule has 1 amide bonds. The quantitative estimate of drug-likeness (QED) is 0.814. The number of aliphatic hydroxyl groups is 1. The summed E-state index contributed by atoms with van der Waals surface area (Å²) in [6.45, 7) is 5.36. The van der Waals surface area contributed by atoms with Gasteiger partial charge in [-0.2, -0.15) is 4.98 Å². The molecule has 0 aliphatic heterocycles. The average Bonchev–Trinajstić information content (AvgIpc) is 2.58. The van der Waals surface area contributed by atoms with Gasteiger partial charge in [0.2, 0.25) is 11.8 Å². The maximum atomic E-state index is 11.7. The smallest absolute Gasteiger partial charge is 0.227 e. The Balaban J connectivity index is 2.39. The molecule has 1 aromatic heterocycles. The maximum absolute atomic E-state index is 11.7. The van der Waals surface area contributed by atoms with Crippen LogP contribution in [-0.2, 0) is 11.2 Å². The maximum Gasteiger partial charge on any atom is 0.227 e. The first kappa shape index (κ1) is 13.6. The van der Waals surface area contributed by atoms with E-state index in [1.807, 2.05) is 0 Å². The molecular weight excluding hydrogens is 222 g/mol. The van der Waals surface area contributed by atoms with E-state index in [0.717, 1.165) is 0 Å². The molecule has 0 fully saturated rings. The molecular formula is C11H19N3O3. The van der Waals surface area contributed by atoms with Crippen molar-refractivity contribution in [2.24, 2.45) is 0 Å². The third-order valence-corrected chi connectivity index (χ3v) is 2.17. The number of likely N-dealkylation sites (N-methyl/N-ethyl adjacent to an activating group) is 1. The molecule has 0 saturated carbocycles. The van der Waals surface area contributed by atoms with Crippen molar-refractivity contribution in [3.8, 4) is 0 Å². The zero-order chi connectivity index (χ0) is 13.1. The lowest BCUT2D eigenvalue weighted by Gasteiger charge is -2.25. The van der Waals surface area contributed by atoms with E-state index in [4.69, 9.17) is 4.52 Å². The number of nitrogens with zero attached hydrogens (tertiary/aromatic N) is 3. The summed E-state index contributed by atoms with van der Waals surface area (Å²) in [7, 11) is 1.67. The summed E-state index contributed by atoms with van der Waals surface area (Å²) >= 11 is 0. The fourth-order valence-corrected chi connectivity index (χ4v) is 1.51. The van der Waals surface area contributed by atoms with E-state index in [0.29, 0.717) is 31.1 Å². The molecule has 0 radical (unpaired) electrons. The minimum absolute atomic E-state index is 0.0528. The van der Waals surface area contributed by atoms with Crippen molar-refractivity contribution in [3.05, 3.63) is 11.7 Å². The highest BCUT2D eigenvalue weighted by Gasteiger charge is 2.19. The number of aromatic nitrogens is 2. The van der Waals surface area contributed by atoms with Crippen molar-refractivity contribution >= 4 is 5.91 Å². The highest BCUT2D eigenvalue weighted by molar-refractivity contribution is 5.76. The van der Waals surface area contributed by atoms with E-state index in [9.17, 15) is 9.90 Å². The Labute approximate surface area is 101 Å². The molecule has 6 nitrogen and oxygen atoms in total. The number of hydrogen-bond acceptors (Lipinski definition) is 5. The van der Waals surface area contributed by atoms with Crippen LogP contribution in [-0.4, -0.2) is 45.2 Å². The second-order valence-corrected chi connectivity index (χ2v) is 4.80. The van der Waals surface area contributed by atoms with E-state index < -0.39 is 5.60 Å².